The van der Waals surface area contributed by atoms with E-state index in [-0.39, 0.29) is 0 Å². The van der Waals surface area contributed by atoms with Crippen molar-refractivity contribution in [2.24, 2.45) is 5.92 Å². The fourth-order valence-electron chi connectivity index (χ4n) is 1.70. The van der Waals surface area contributed by atoms with Gasteiger partial charge in [0.25, 0.3) is 0 Å². The van der Waals surface area contributed by atoms with Crippen molar-refractivity contribution in [2.45, 2.75) is 39.3 Å². The molecule has 0 aromatic heterocycles. The first-order valence-electron chi connectivity index (χ1n) is 5.08. The predicted molar refractivity (Wildman–Crippen MR) is 53.3 cm³/mol. The summed E-state index contributed by atoms with van der Waals surface area (Å²) in [5, 5.41) is 3.61. The van der Waals surface area contributed by atoms with Gasteiger partial charge in [0.05, 0.1) is 0 Å². The van der Waals surface area contributed by atoms with Crippen molar-refractivity contribution in [1.29, 1.82) is 0 Å². The van der Waals surface area contributed by atoms with Crippen LogP contribution in [0.3, 0.4) is 0 Å². The minimum Gasteiger partial charge on any atom is -0.311 e. The number of hydrogen-bond acceptors (Lipinski definition) is 2. The summed E-state index contributed by atoms with van der Waals surface area (Å²) < 4.78 is 0. The fourth-order valence-corrected chi connectivity index (χ4v) is 1.70. The van der Waals surface area contributed by atoms with Gasteiger partial charge < -0.3 is 10.2 Å². The zero-order valence-corrected chi connectivity index (χ0v) is 8.80. The van der Waals surface area contributed by atoms with E-state index in [2.05, 4.69) is 38.0 Å². The van der Waals surface area contributed by atoms with Crippen molar-refractivity contribution in [3.8, 4) is 0 Å². The topological polar surface area (TPSA) is 15.3 Å². The number of rotatable bonds is 2. The van der Waals surface area contributed by atoms with Gasteiger partial charge in [-0.25, -0.2) is 0 Å². The summed E-state index contributed by atoms with van der Waals surface area (Å²) in [6.45, 7) is 9.23. The average molecular weight is 170 g/mol. The molecule has 0 spiro atoms. The Bertz CT molecular complexity index is 136. The van der Waals surface area contributed by atoms with E-state index in [0.29, 0.717) is 12.1 Å². The summed E-state index contributed by atoms with van der Waals surface area (Å²) in [6.07, 6.45) is 1.28. The molecule has 1 saturated heterocycles. The van der Waals surface area contributed by atoms with Gasteiger partial charge >= 0.3 is 0 Å². The first-order chi connectivity index (χ1) is 5.65. The van der Waals surface area contributed by atoms with Crippen LogP contribution in [0.15, 0.2) is 0 Å². The van der Waals surface area contributed by atoms with Gasteiger partial charge in [-0.2, -0.15) is 0 Å². The molecule has 72 valence electrons. The van der Waals surface area contributed by atoms with Gasteiger partial charge in [0.1, 0.15) is 0 Å². The Hall–Kier alpha value is -0.0800. The normalized spacial score (nSPS) is 35.0. The van der Waals surface area contributed by atoms with Crippen molar-refractivity contribution in [3.63, 3.8) is 0 Å². The Balaban J connectivity index is 2.39. The molecule has 3 atom stereocenters. The van der Waals surface area contributed by atoms with E-state index in [1.54, 1.807) is 0 Å². The minimum atomic E-state index is 0.699. The van der Waals surface area contributed by atoms with Crippen molar-refractivity contribution >= 4 is 0 Å². The highest BCUT2D eigenvalue weighted by molar-refractivity contribution is 4.84. The lowest BCUT2D eigenvalue weighted by Gasteiger charge is -2.38. The third-order valence-electron chi connectivity index (χ3n) is 3.24. The van der Waals surface area contributed by atoms with Gasteiger partial charge in [-0.3, -0.25) is 0 Å². The predicted octanol–water partition coefficient (Wildman–Crippen LogP) is 1.32. The second-order valence-electron chi connectivity index (χ2n) is 4.19. The number of nitrogens with one attached hydrogen (secondary N) is 1. The Morgan fingerprint density at radius 2 is 2.25 bits per heavy atom. The fraction of sp³-hybridized carbons (Fsp3) is 1.00. The Kier molecular flexibility index (Phi) is 3.53. The molecule has 0 bridgehead atoms. The highest BCUT2D eigenvalue weighted by Gasteiger charge is 2.24. The third kappa shape index (κ3) is 2.20. The molecule has 0 aliphatic carbocycles. The Labute approximate surface area is 76.3 Å². The second kappa shape index (κ2) is 4.24. The largest absolute Gasteiger partial charge is 0.311 e. The molecule has 1 aliphatic rings. The van der Waals surface area contributed by atoms with Gasteiger partial charge in [0, 0.05) is 25.2 Å². The highest BCUT2D eigenvalue weighted by atomic mass is 15.2. The van der Waals surface area contributed by atoms with Crippen LogP contribution in [0.5, 0.6) is 0 Å². The molecule has 0 saturated carbocycles. The molecule has 1 aliphatic heterocycles. The SMILES string of the molecule is CCC(C)C1CN(C)C(C)CN1. The van der Waals surface area contributed by atoms with Crippen LogP contribution in [0.25, 0.3) is 0 Å². The van der Waals surface area contributed by atoms with Gasteiger partial charge in [0.15, 0.2) is 0 Å². The van der Waals surface area contributed by atoms with E-state index >= 15 is 0 Å². The standard InChI is InChI=1S/C10H22N2/c1-5-8(2)10-7-12(4)9(3)6-11-10/h8-11H,5-7H2,1-4H3. The molecule has 0 aromatic rings. The number of likely N-dealkylation sites (N-methyl/N-ethyl adjacent to an activating group) is 1. The molecular formula is C10H22N2. The zero-order chi connectivity index (χ0) is 9.14. The van der Waals surface area contributed by atoms with Gasteiger partial charge in [-0.1, -0.05) is 20.3 Å². The third-order valence-corrected chi connectivity index (χ3v) is 3.24. The molecule has 2 heteroatoms. The van der Waals surface area contributed by atoms with Crippen LogP contribution in [0.4, 0.5) is 0 Å². The van der Waals surface area contributed by atoms with Crippen molar-refractivity contribution in [1.82, 2.24) is 10.2 Å². The van der Waals surface area contributed by atoms with Crippen LogP contribution in [-0.2, 0) is 0 Å². The van der Waals surface area contributed by atoms with Crippen molar-refractivity contribution in [3.05, 3.63) is 0 Å². The van der Waals surface area contributed by atoms with Gasteiger partial charge in [0.2, 0.25) is 0 Å². The highest BCUT2D eigenvalue weighted by Crippen LogP contribution is 2.13. The number of piperazine rings is 1. The monoisotopic (exact) mass is 170 g/mol. The molecule has 1 N–H and O–H groups in total. The Morgan fingerprint density at radius 3 is 2.75 bits per heavy atom. The van der Waals surface area contributed by atoms with Crippen LogP contribution >= 0.6 is 0 Å². The maximum atomic E-state index is 3.61. The first-order valence-corrected chi connectivity index (χ1v) is 5.08. The first kappa shape index (κ1) is 10.0. The van der Waals surface area contributed by atoms with E-state index in [1.807, 2.05) is 0 Å². The summed E-state index contributed by atoms with van der Waals surface area (Å²) in [7, 11) is 2.22. The molecule has 1 fully saturated rings. The maximum Gasteiger partial charge on any atom is 0.0221 e. The lowest BCUT2D eigenvalue weighted by Crippen LogP contribution is -2.55. The number of nitrogens with zero attached hydrogens (tertiary/aromatic N) is 1. The summed E-state index contributed by atoms with van der Waals surface area (Å²) in [4.78, 5) is 2.45. The smallest absolute Gasteiger partial charge is 0.0221 e. The van der Waals surface area contributed by atoms with Crippen LogP contribution in [0, 0.1) is 5.92 Å². The summed E-state index contributed by atoms with van der Waals surface area (Å²) >= 11 is 0. The molecule has 1 rings (SSSR count). The average Bonchev–Trinajstić information content (AvgIpc) is 2.08. The summed E-state index contributed by atoms with van der Waals surface area (Å²) in [5.74, 6) is 0.806. The van der Waals surface area contributed by atoms with Crippen LogP contribution in [-0.4, -0.2) is 37.1 Å². The van der Waals surface area contributed by atoms with Crippen LogP contribution < -0.4 is 5.32 Å². The second-order valence-corrected chi connectivity index (χ2v) is 4.19. The minimum absolute atomic E-state index is 0.699. The summed E-state index contributed by atoms with van der Waals surface area (Å²) in [5.41, 5.74) is 0. The van der Waals surface area contributed by atoms with Crippen LogP contribution in [0.2, 0.25) is 0 Å². The molecule has 3 unspecified atom stereocenters. The lowest BCUT2D eigenvalue weighted by molar-refractivity contribution is 0.147. The van der Waals surface area contributed by atoms with E-state index in [4.69, 9.17) is 0 Å². The maximum absolute atomic E-state index is 3.61. The van der Waals surface area contributed by atoms with Crippen molar-refractivity contribution < 1.29 is 0 Å². The van der Waals surface area contributed by atoms with E-state index in [0.717, 1.165) is 12.5 Å². The van der Waals surface area contributed by atoms with Crippen LogP contribution in [0.1, 0.15) is 27.2 Å². The van der Waals surface area contributed by atoms with Gasteiger partial charge in [-0.05, 0) is 19.9 Å². The quantitative estimate of drug-likeness (QED) is 0.672. The molecular weight excluding hydrogens is 148 g/mol. The van der Waals surface area contributed by atoms with Crippen molar-refractivity contribution in [2.75, 3.05) is 20.1 Å². The molecule has 0 aromatic carbocycles. The van der Waals surface area contributed by atoms with E-state index < -0.39 is 0 Å². The molecule has 0 radical (unpaired) electrons. The van der Waals surface area contributed by atoms with Gasteiger partial charge in [-0.15, -0.1) is 0 Å². The lowest BCUT2D eigenvalue weighted by atomic mass is 9.96. The molecule has 1 heterocycles. The molecule has 12 heavy (non-hydrogen) atoms. The summed E-state index contributed by atoms with van der Waals surface area (Å²) in [6, 6.07) is 1.40. The zero-order valence-electron chi connectivity index (χ0n) is 8.80. The van der Waals surface area contributed by atoms with E-state index in [9.17, 15) is 0 Å². The molecule has 0 amide bonds. The van der Waals surface area contributed by atoms with E-state index in [1.165, 1.54) is 13.0 Å². The number of hydrogen-bond donors (Lipinski definition) is 1. The molecule has 2 nitrogen and oxygen atoms in total. The Morgan fingerprint density at radius 1 is 1.58 bits per heavy atom.